The maximum atomic E-state index is 5.94. The second-order valence-electron chi connectivity index (χ2n) is 6.90. The summed E-state index contributed by atoms with van der Waals surface area (Å²) in [5.74, 6) is 0.897. The SMILES string of the molecule is CCNC(=NCC1(SC)CCOCC1)NCCCOC(C)c1ccccc1. The van der Waals surface area contributed by atoms with Crippen LogP contribution in [0.15, 0.2) is 35.3 Å². The third-order valence-corrected chi connectivity index (χ3v) is 6.36. The molecule has 1 aromatic rings. The molecule has 1 aliphatic heterocycles. The van der Waals surface area contributed by atoms with Crippen LogP contribution in [0.25, 0.3) is 0 Å². The Morgan fingerprint density at radius 1 is 1.26 bits per heavy atom. The highest BCUT2D eigenvalue weighted by Gasteiger charge is 2.31. The third kappa shape index (κ3) is 7.72. The lowest BCUT2D eigenvalue weighted by atomic mass is 9.99. The van der Waals surface area contributed by atoms with E-state index in [1.165, 1.54) is 5.56 Å². The number of hydrogen-bond acceptors (Lipinski definition) is 4. The van der Waals surface area contributed by atoms with E-state index < -0.39 is 0 Å². The summed E-state index contributed by atoms with van der Waals surface area (Å²) in [7, 11) is 0. The monoisotopic (exact) mass is 393 g/mol. The molecule has 2 N–H and O–H groups in total. The zero-order chi connectivity index (χ0) is 19.4. The third-order valence-electron chi connectivity index (χ3n) is 4.96. The molecule has 2 rings (SSSR count). The van der Waals surface area contributed by atoms with Crippen LogP contribution in [-0.2, 0) is 9.47 Å². The van der Waals surface area contributed by atoms with Gasteiger partial charge in [0, 0.05) is 37.7 Å². The topological polar surface area (TPSA) is 54.9 Å². The first-order valence-corrected chi connectivity index (χ1v) is 11.2. The van der Waals surface area contributed by atoms with E-state index in [4.69, 9.17) is 14.5 Å². The molecule has 1 heterocycles. The Balaban J connectivity index is 1.72. The Hall–Kier alpha value is -1.24. The molecule has 0 radical (unpaired) electrons. The van der Waals surface area contributed by atoms with Crippen LogP contribution in [0.4, 0.5) is 0 Å². The molecule has 1 saturated heterocycles. The first-order chi connectivity index (χ1) is 13.2. The van der Waals surface area contributed by atoms with Crippen LogP contribution < -0.4 is 10.6 Å². The minimum Gasteiger partial charge on any atom is -0.381 e. The molecule has 0 saturated carbocycles. The molecule has 0 spiro atoms. The number of ether oxygens (including phenoxy) is 2. The second-order valence-corrected chi connectivity index (χ2v) is 8.17. The number of hydrogen-bond donors (Lipinski definition) is 2. The molecule has 6 heteroatoms. The average Bonchev–Trinajstić information content (AvgIpc) is 2.73. The van der Waals surface area contributed by atoms with Gasteiger partial charge in [0.2, 0.25) is 0 Å². The number of aliphatic imine (C=N–C) groups is 1. The highest BCUT2D eigenvalue weighted by molar-refractivity contribution is 8.00. The molecule has 1 unspecified atom stereocenters. The molecule has 0 amide bonds. The molecule has 27 heavy (non-hydrogen) atoms. The van der Waals surface area contributed by atoms with Crippen molar-refractivity contribution in [2.24, 2.45) is 4.99 Å². The van der Waals surface area contributed by atoms with Crippen LogP contribution in [0.3, 0.4) is 0 Å². The first kappa shape index (κ1) is 22.1. The summed E-state index contributed by atoms with van der Waals surface area (Å²) >= 11 is 1.92. The van der Waals surface area contributed by atoms with Crippen molar-refractivity contribution in [2.45, 2.75) is 44.0 Å². The van der Waals surface area contributed by atoms with Gasteiger partial charge in [-0.25, -0.2) is 0 Å². The van der Waals surface area contributed by atoms with Crippen molar-refractivity contribution in [1.29, 1.82) is 0 Å². The van der Waals surface area contributed by atoms with Crippen LogP contribution in [0, 0.1) is 0 Å². The normalized spacial score (nSPS) is 18.1. The van der Waals surface area contributed by atoms with E-state index in [2.05, 4.69) is 55.0 Å². The summed E-state index contributed by atoms with van der Waals surface area (Å²) in [6.45, 7) is 9.16. The Morgan fingerprint density at radius 2 is 2.00 bits per heavy atom. The molecule has 1 aromatic carbocycles. The molecule has 1 atom stereocenters. The van der Waals surface area contributed by atoms with E-state index in [0.29, 0.717) is 0 Å². The van der Waals surface area contributed by atoms with Gasteiger partial charge in [-0.15, -0.1) is 0 Å². The standard InChI is InChI=1S/C21H35N3O2S/c1-4-22-20(24-17-21(27-3)11-15-25-16-12-21)23-13-8-14-26-18(2)19-9-6-5-7-10-19/h5-7,9-10,18H,4,8,11-17H2,1-3H3,(H2,22,23,24). The highest BCUT2D eigenvalue weighted by atomic mass is 32.2. The summed E-state index contributed by atoms with van der Waals surface area (Å²) in [4.78, 5) is 4.84. The maximum absolute atomic E-state index is 5.94. The fourth-order valence-electron chi connectivity index (χ4n) is 3.09. The van der Waals surface area contributed by atoms with E-state index in [9.17, 15) is 0 Å². The van der Waals surface area contributed by atoms with Crippen molar-refractivity contribution >= 4 is 17.7 Å². The summed E-state index contributed by atoms with van der Waals surface area (Å²) in [6, 6.07) is 10.3. The average molecular weight is 394 g/mol. The van der Waals surface area contributed by atoms with Gasteiger partial charge in [0.15, 0.2) is 5.96 Å². The highest BCUT2D eigenvalue weighted by Crippen LogP contribution is 2.33. The molecule has 5 nitrogen and oxygen atoms in total. The first-order valence-electron chi connectivity index (χ1n) is 10.0. The lowest BCUT2D eigenvalue weighted by molar-refractivity contribution is 0.0646. The number of benzene rings is 1. The number of nitrogens with zero attached hydrogens (tertiary/aromatic N) is 1. The second kappa shape index (κ2) is 12.3. The quantitative estimate of drug-likeness (QED) is 0.361. The minimum atomic E-state index is 0.128. The van der Waals surface area contributed by atoms with E-state index in [-0.39, 0.29) is 10.9 Å². The van der Waals surface area contributed by atoms with Crippen LogP contribution in [-0.4, -0.2) is 56.4 Å². The zero-order valence-corrected chi connectivity index (χ0v) is 17.8. The van der Waals surface area contributed by atoms with Gasteiger partial charge in [0.1, 0.15) is 0 Å². The van der Waals surface area contributed by atoms with Crippen LogP contribution in [0.5, 0.6) is 0 Å². The van der Waals surface area contributed by atoms with Crippen LogP contribution in [0.2, 0.25) is 0 Å². The molecule has 1 fully saturated rings. The summed E-state index contributed by atoms with van der Waals surface area (Å²) in [5, 5.41) is 6.78. The van der Waals surface area contributed by atoms with Crippen LogP contribution in [0.1, 0.15) is 44.8 Å². The fraction of sp³-hybridized carbons (Fsp3) is 0.667. The molecule has 152 valence electrons. The zero-order valence-electron chi connectivity index (χ0n) is 17.0. The molecule has 0 aromatic heterocycles. The van der Waals surface area contributed by atoms with Gasteiger partial charge in [-0.2, -0.15) is 11.8 Å². The van der Waals surface area contributed by atoms with E-state index in [0.717, 1.165) is 64.7 Å². The predicted molar refractivity (Wildman–Crippen MR) is 116 cm³/mol. The smallest absolute Gasteiger partial charge is 0.191 e. The van der Waals surface area contributed by atoms with Crippen molar-refractivity contribution in [3.63, 3.8) is 0 Å². The van der Waals surface area contributed by atoms with Gasteiger partial charge in [0.05, 0.1) is 12.6 Å². The molecular formula is C21H35N3O2S. The van der Waals surface area contributed by atoms with Gasteiger partial charge in [-0.3, -0.25) is 4.99 Å². The van der Waals surface area contributed by atoms with E-state index in [1.807, 2.05) is 17.8 Å². The van der Waals surface area contributed by atoms with Crippen molar-refractivity contribution in [2.75, 3.05) is 45.7 Å². The lowest BCUT2D eigenvalue weighted by Gasteiger charge is -2.34. The Morgan fingerprint density at radius 3 is 2.67 bits per heavy atom. The minimum absolute atomic E-state index is 0.128. The van der Waals surface area contributed by atoms with Gasteiger partial charge in [-0.1, -0.05) is 30.3 Å². The molecule has 1 aliphatic rings. The maximum Gasteiger partial charge on any atom is 0.191 e. The van der Waals surface area contributed by atoms with Crippen molar-refractivity contribution in [3.05, 3.63) is 35.9 Å². The van der Waals surface area contributed by atoms with Gasteiger partial charge >= 0.3 is 0 Å². The van der Waals surface area contributed by atoms with E-state index in [1.54, 1.807) is 0 Å². The number of rotatable bonds is 10. The molecule has 0 bridgehead atoms. The summed E-state index contributed by atoms with van der Waals surface area (Å²) in [6.07, 6.45) is 5.41. The summed E-state index contributed by atoms with van der Waals surface area (Å²) in [5.41, 5.74) is 1.22. The van der Waals surface area contributed by atoms with Crippen LogP contribution >= 0.6 is 11.8 Å². The van der Waals surface area contributed by atoms with Gasteiger partial charge < -0.3 is 20.1 Å². The number of nitrogens with one attached hydrogen (secondary N) is 2. The number of thioether (sulfide) groups is 1. The largest absolute Gasteiger partial charge is 0.381 e. The van der Waals surface area contributed by atoms with Gasteiger partial charge in [-0.05, 0) is 44.9 Å². The summed E-state index contributed by atoms with van der Waals surface area (Å²) < 4.78 is 11.7. The van der Waals surface area contributed by atoms with Gasteiger partial charge in [0.25, 0.3) is 0 Å². The fourth-order valence-corrected chi connectivity index (χ4v) is 3.86. The van der Waals surface area contributed by atoms with E-state index >= 15 is 0 Å². The Bertz CT molecular complexity index is 548. The van der Waals surface area contributed by atoms with Crippen molar-refractivity contribution in [1.82, 2.24) is 10.6 Å². The number of guanidine groups is 1. The molecular weight excluding hydrogens is 358 g/mol. The van der Waals surface area contributed by atoms with Crippen molar-refractivity contribution < 1.29 is 9.47 Å². The molecule has 0 aliphatic carbocycles. The Kier molecular flexibility index (Phi) is 10.0. The predicted octanol–water partition coefficient (Wildman–Crippen LogP) is 3.62. The van der Waals surface area contributed by atoms with Crippen molar-refractivity contribution in [3.8, 4) is 0 Å². The lowest BCUT2D eigenvalue weighted by Crippen LogP contribution is -2.41. The Labute approximate surface area is 168 Å².